The fraction of sp³-hybridized carbons (Fsp3) is 0.286. The molecule has 2 aromatic carbocycles. The maximum Gasteiger partial charge on any atom is 0.253 e. The minimum atomic E-state index is 0.107. The van der Waals surface area contributed by atoms with Crippen LogP contribution in [0.3, 0.4) is 0 Å². The van der Waals surface area contributed by atoms with Gasteiger partial charge >= 0.3 is 0 Å². The Morgan fingerprint density at radius 2 is 1.77 bits per heavy atom. The van der Waals surface area contributed by atoms with Crippen LogP contribution >= 0.6 is 0 Å². The van der Waals surface area contributed by atoms with Gasteiger partial charge in [-0.25, -0.2) is 0 Å². The van der Waals surface area contributed by atoms with Crippen molar-refractivity contribution >= 4 is 22.5 Å². The van der Waals surface area contributed by atoms with E-state index in [9.17, 15) is 4.79 Å². The van der Waals surface area contributed by atoms with Crippen LogP contribution in [0.4, 0.5) is 5.69 Å². The van der Waals surface area contributed by atoms with Gasteiger partial charge in [0.1, 0.15) is 5.75 Å². The van der Waals surface area contributed by atoms with E-state index in [1.165, 1.54) is 0 Å². The van der Waals surface area contributed by atoms with Crippen LogP contribution in [-0.2, 0) is 7.05 Å². The Kier molecular flexibility index (Phi) is 4.29. The highest BCUT2D eigenvalue weighted by Gasteiger charge is 2.23. The van der Waals surface area contributed by atoms with Crippen molar-refractivity contribution in [1.29, 1.82) is 0 Å². The van der Waals surface area contributed by atoms with Crippen molar-refractivity contribution in [3.05, 3.63) is 60.3 Å². The molecule has 5 nitrogen and oxygen atoms in total. The van der Waals surface area contributed by atoms with E-state index in [1.54, 1.807) is 7.11 Å². The molecular formula is C21H23N3O2. The van der Waals surface area contributed by atoms with Gasteiger partial charge in [-0.1, -0.05) is 12.1 Å². The molecule has 1 fully saturated rings. The average Bonchev–Trinajstić information content (AvgIpc) is 3.08. The topological polar surface area (TPSA) is 37.7 Å². The molecule has 1 saturated heterocycles. The van der Waals surface area contributed by atoms with Crippen LogP contribution in [0, 0.1) is 0 Å². The minimum Gasteiger partial charge on any atom is -0.495 e. The van der Waals surface area contributed by atoms with Gasteiger partial charge in [0, 0.05) is 55.9 Å². The number of benzene rings is 2. The number of aryl methyl sites for hydroxylation is 1. The number of anilines is 1. The number of nitrogens with zero attached hydrogens (tertiary/aromatic N) is 3. The molecular weight excluding hydrogens is 326 g/mol. The first kappa shape index (κ1) is 16.5. The number of rotatable bonds is 3. The summed E-state index contributed by atoms with van der Waals surface area (Å²) in [5.41, 5.74) is 2.99. The van der Waals surface area contributed by atoms with Gasteiger partial charge in [-0.3, -0.25) is 4.79 Å². The second kappa shape index (κ2) is 6.75. The molecule has 0 unspecified atom stereocenters. The summed E-state index contributed by atoms with van der Waals surface area (Å²) >= 11 is 0. The SMILES string of the molecule is COc1ccccc1N1CCN(C(=O)c2ccc3c(ccn3C)c2)CC1. The number of carbonyl (C=O) groups is 1. The van der Waals surface area contributed by atoms with E-state index in [-0.39, 0.29) is 5.91 Å². The number of piperazine rings is 1. The number of carbonyl (C=O) groups excluding carboxylic acids is 1. The third-order valence-electron chi connectivity index (χ3n) is 5.12. The van der Waals surface area contributed by atoms with Gasteiger partial charge in [0.05, 0.1) is 12.8 Å². The molecule has 3 aromatic rings. The molecule has 0 saturated carbocycles. The summed E-state index contributed by atoms with van der Waals surface area (Å²) in [5.74, 6) is 0.984. The van der Waals surface area contributed by atoms with Gasteiger partial charge in [0.15, 0.2) is 0 Å². The standard InChI is InChI=1S/C21H23N3O2/c1-22-10-9-16-15-17(7-8-18(16)22)21(25)24-13-11-23(12-14-24)19-5-3-4-6-20(19)26-2/h3-10,15H,11-14H2,1-2H3. The van der Waals surface area contributed by atoms with Crippen LogP contribution in [-0.4, -0.2) is 48.7 Å². The lowest BCUT2D eigenvalue weighted by atomic mass is 10.1. The van der Waals surface area contributed by atoms with Crippen LogP contribution in [0.1, 0.15) is 10.4 Å². The van der Waals surface area contributed by atoms with Crippen LogP contribution in [0.2, 0.25) is 0 Å². The zero-order valence-electron chi connectivity index (χ0n) is 15.2. The molecule has 1 aromatic heterocycles. The fourth-order valence-electron chi connectivity index (χ4n) is 3.64. The first-order chi connectivity index (χ1) is 12.7. The summed E-state index contributed by atoms with van der Waals surface area (Å²) < 4.78 is 7.53. The number of hydrogen-bond acceptors (Lipinski definition) is 3. The van der Waals surface area contributed by atoms with Gasteiger partial charge in [0.25, 0.3) is 5.91 Å². The first-order valence-corrected chi connectivity index (χ1v) is 8.90. The Labute approximate surface area is 153 Å². The van der Waals surface area contributed by atoms with Crippen molar-refractivity contribution in [3.8, 4) is 5.75 Å². The molecule has 0 radical (unpaired) electrons. The van der Waals surface area contributed by atoms with E-state index in [1.807, 2.05) is 60.6 Å². The quantitative estimate of drug-likeness (QED) is 0.729. The van der Waals surface area contributed by atoms with Crippen LogP contribution < -0.4 is 9.64 Å². The summed E-state index contributed by atoms with van der Waals surface area (Å²) in [6.45, 7) is 3.03. The molecule has 0 bridgehead atoms. The summed E-state index contributed by atoms with van der Waals surface area (Å²) in [6, 6.07) is 16.0. The Bertz CT molecular complexity index is 939. The zero-order chi connectivity index (χ0) is 18.1. The summed E-state index contributed by atoms with van der Waals surface area (Å²) in [7, 11) is 3.71. The van der Waals surface area contributed by atoms with Gasteiger partial charge in [-0.05, 0) is 36.4 Å². The lowest BCUT2D eigenvalue weighted by Gasteiger charge is -2.36. The summed E-state index contributed by atoms with van der Waals surface area (Å²) in [4.78, 5) is 17.1. The molecule has 0 aliphatic carbocycles. The molecule has 134 valence electrons. The molecule has 1 aliphatic rings. The third-order valence-corrected chi connectivity index (χ3v) is 5.12. The normalized spacial score (nSPS) is 14.7. The Hall–Kier alpha value is -2.95. The molecule has 5 heteroatoms. The van der Waals surface area contributed by atoms with E-state index in [0.29, 0.717) is 13.1 Å². The van der Waals surface area contributed by atoms with Gasteiger partial charge < -0.3 is 19.1 Å². The van der Waals surface area contributed by atoms with Gasteiger partial charge in [-0.2, -0.15) is 0 Å². The second-order valence-electron chi connectivity index (χ2n) is 6.65. The maximum atomic E-state index is 12.9. The van der Waals surface area contributed by atoms with Crippen molar-refractivity contribution in [2.75, 3.05) is 38.2 Å². The van der Waals surface area contributed by atoms with Crippen molar-refractivity contribution < 1.29 is 9.53 Å². The third kappa shape index (κ3) is 2.90. The van der Waals surface area contributed by atoms with E-state index < -0.39 is 0 Å². The van der Waals surface area contributed by atoms with Crippen molar-refractivity contribution in [2.45, 2.75) is 0 Å². The lowest BCUT2D eigenvalue weighted by molar-refractivity contribution is 0.0747. The number of para-hydroxylation sites is 2. The molecule has 0 atom stereocenters. The second-order valence-corrected chi connectivity index (χ2v) is 6.65. The molecule has 4 rings (SSSR count). The Morgan fingerprint density at radius 3 is 2.54 bits per heavy atom. The van der Waals surface area contributed by atoms with Gasteiger partial charge in [0.2, 0.25) is 0 Å². The molecule has 1 amide bonds. The first-order valence-electron chi connectivity index (χ1n) is 8.90. The fourth-order valence-corrected chi connectivity index (χ4v) is 3.64. The van der Waals surface area contributed by atoms with Crippen LogP contribution in [0.25, 0.3) is 10.9 Å². The molecule has 0 N–H and O–H groups in total. The number of hydrogen-bond donors (Lipinski definition) is 0. The number of fused-ring (bicyclic) bond motifs is 1. The van der Waals surface area contributed by atoms with E-state index >= 15 is 0 Å². The van der Waals surface area contributed by atoms with Crippen LogP contribution in [0.5, 0.6) is 5.75 Å². The monoisotopic (exact) mass is 349 g/mol. The highest BCUT2D eigenvalue weighted by atomic mass is 16.5. The minimum absolute atomic E-state index is 0.107. The summed E-state index contributed by atoms with van der Waals surface area (Å²) in [6.07, 6.45) is 2.02. The number of amides is 1. The highest BCUT2D eigenvalue weighted by Crippen LogP contribution is 2.28. The highest BCUT2D eigenvalue weighted by molar-refractivity contribution is 5.98. The predicted molar refractivity (Wildman–Crippen MR) is 104 cm³/mol. The maximum absolute atomic E-state index is 12.9. The number of methoxy groups -OCH3 is 1. The van der Waals surface area contributed by atoms with Crippen molar-refractivity contribution in [3.63, 3.8) is 0 Å². The zero-order valence-corrected chi connectivity index (χ0v) is 15.2. The Morgan fingerprint density at radius 1 is 1.00 bits per heavy atom. The largest absolute Gasteiger partial charge is 0.495 e. The molecule has 2 heterocycles. The average molecular weight is 349 g/mol. The molecule has 26 heavy (non-hydrogen) atoms. The molecule has 0 spiro atoms. The summed E-state index contributed by atoms with van der Waals surface area (Å²) in [5, 5.41) is 1.10. The van der Waals surface area contributed by atoms with E-state index in [2.05, 4.69) is 15.5 Å². The smallest absolute Gasteiger partial charge is 0.253 e. The predicted octanol–water partition coefficient (Wildman–Crippen LogP) is 3.15. The molecule has 1 aliphatic heterocycles. The van der Waals surface area contributed by atoms with Crippen molar-refractivity contribution in [2.24, 2.45) is 7.05 Å². The number of aromatic nitrogens is 1. The van der Waals surface area contributed by atoms with E-state index in [0.717, 1.165) is 41.0 Å². The van der Waals surface area contributed by atoms with Crippen molar-refractivity contribution in [1.82, 2.24) is 9.47 Å². The number of ether oxygens (including phenoxy) is 1. The van der Waals surface area contributed by atoms with E-state index in [4.69, 9.17) is 4.74 Å². The van der Waals surface area contributed by atoms with Crippen LogP contribution in [0.15, 0.2) is 54.7 Å². The van der Waals surface area contributed by atoms with Gasteiger partial charge in [-0.15, -0.1) is 0 Å². The lowest BCUT2D eigenvalue weighted by Crippen LogP contribution is -2.48. The Balaban J connectivity index is 1.47.